The van der Waals surface area contributed by atoms with E-state index in [1.54, 1.807) is 0 Å². The molecule has 3 nitrogen and oxygen atoms in total. The molecule has 0 unspecified atom stereocenters. The smallest absolute Gasteiger partial charge is 0.335 e. The fourth-order valence-corrected chi connectivity index (χ4v) is 1.85. The van der Waals surface area contributed by atoms with Gasteiger partial charge in [-0.2, -0.15) is 13.2 Å². The Balaban J connectivity index is 2.79. The van der Waals surface area contributed by atoms with Crippen LogP contribution in [0.1, 0.15) is 32.3 Å². The quantitative estimate of drug-likeness (QED) is 0.834. The standard InChI is InChI=1S/C13H16ClF3N2O/c1-3-4-8(2)18-12(20)19-11-7-9(13(15,16)17)5-6-10(11)14/h5-8H,3-4H2,1-2H3,(H2,18,19,20)/t8-/m0/s1. The Bertz CT molecular complexity index is 477. The van der Waals surface area contributed by atoms with Gasteiger partial charge in [-0.05, 0) is 31.5 Å². The zero-order chi connectivity index (χ0) is 15.3. The molecule has 0 spiro atoms. The molecule has 7 heteroatoms. The molecule has 112 valence electrons. The number of benzene rings is 1. The van der Waals surface area contributed by atoms with E-state index in [0.29, 0.717) is 0 Å². The Morgan fingerprint density at radius 1 is 1.40 bits per heavy atom. The summed E-state index contributed by atoms with van der Waals surface area (Å²) >= 11 is 5.78. The minimum absolute atomic E-state index is 0.0521. The van der Waals surface area contributed by atoms with Crippen LogP contribution >= 0.6 is 11.6 Å². The molecular weight excluding hydrogens is 293 g/mol. The summed E-state index contributed by atoms with van der Waals surface area (Å²) in [5.74, 6) is 0. The maximum Gasteiger partial charge on any atom is 0.416 e. The number of halogens is 4. The van der Waals surface area contributed by atoms with E-state index >= 15 is 0 Å². The highest BCUT2D eigenvalue weighted by Gasteiger charge is 2.31. The highest BCUT2D eigenvalue weighted by atomic mass is 35.5. The van der Waals surface area contributed by atoms with Crippen LogP contribution in [0.2, 0.25) is 5.02 Å². The summed E-state index contributed by atoms with van der Waals surface area (Å²) in [5, 5.41) is 5.01. The summed E-state index contributed by atoms with van der Waals surface area (Å²) in [5.41, 5.74) is -0.929. The zero-order valence-corrected chi connectivity index (χ0v) is 11.9. The second-order valence-corrected chi connectivity index (χ2v) is 4.89. The van der Waals surface area contributed by atoms with Crippen LogP contribution in [0, 0.1) is 0 Å². The van der Waals surface area contributed by atoms with E-state index in [4.69, 9.17) is 11.6 Å². The van der Waals surface area contributed by atoms with Crippen LogP contribution in [0.3, 0.4) is 0 Å². The number of hydrogen-bond acceptors (Lipinski definition) is 1. The molecule has 20 heavy (non-hydrogen) atoms. The Labute approximate surface area is 120 Å². The molecule has 0 aromatic heterocycles. The number of carbonyl (C=O) groups is 1. The van der Waals surface area contributed by atoms with Crippen LogP contribution in [-0.2, 0) is 6.18 Å². The molecule has 1 aromatic rings. The largest absolute Gasteiger partial charge is 0.416 e. The van der Waals surface area contributed by atoms with Crippen LogP contribution < -0.4 is 10.6 Å². The Kier molecular flexibility index (Phi) is 5.68. The fourth-order valence-electron chi connectivity index (χ4n) is 1.68. The normalized spacial score (nSPS) is 12.9. The van der Waals surface area contributed by atoms with Gasteiger partial charge in [0.05, 0.1) is 16.3 Å². The molecule has 0 saturated carbocycles. The van der Waals surface area contributed by atoms with Gasteiger partial charge in [0.2, 0.25) is 0 Å². The van der Waals surface area contributed by atoms with Crippen LogP contribution in [-0.4, -0.2) is 12.1 Å². The highest BCUT2D eigenvalue weighted by Crippen LogP contribution is 2.33. The van der Waals surface area contributed by atoms with E-state index < -0.39 is 17.8 Å². The van der Waals surface area contributed by atoms with Gasteiger partial charge in [-0.1, -0.05) is 24.9 Å². The van der Waals surface area contributed by atoms with Crippen molar-refractivity contribution in [2.24, 2.45) is 0 Å². The van der Waals surface area contributed by atoms with E-state index in [9.17, 15) is 18.0 Å². The number of amides is 2. The number of hydrogen-bond donors (Lipinski definition) is 2. The predicted molar refractivity (Wildman–Crippen MR) is 73.0 cm³/mol. The summed E-state index contributed by atoms with van der Waals surface area (Å²) in [6.45, 7) is 3.79. The lowest BCUT2D eigenvalue weighted by molar-refractivity contribution is -0.137. The van der Waals surface area contributed by atoms with Crippen molar-refractivity contribution < 1.29 is 18.0 Å². The SMILES string of the molecule is CCC[C@H](C)NC(=O)Nc1cc(C(F)(F)F)ccc1Cl. The molecule has 2 N–H and O–H groups in total. The fraction of sp³-hybridized carbons (Fsp3) is 0.462. The molecule has 0 aliphatic carbocycles. The summed E-state index contributed by atoms with van der Waals surface area (Å²) < 4.78 is 37.7. The van der Waals surface area contributed by atoms with Crippen molar-refractivity contribution in [3.8, 4) is 0 Å². The van der Waals surface area contributed by atoms with Crippen molar-refractivity contribution >= 4 is 23.3 Å². The Morgan fingerprint density at radius 3 is 2.60 bits per heavy atom. The average molecular weight is 309 g/mol. The molecular formula is C13H16ClF3N2O. The monoisotopic (exact) mass is 308 g/mol. The summed E-state index contributed by atoms with van der Waals surface area (Å²) in [4.78, 5) is 11.6. The topological polar surface area (TPSA) is 41.1 Å². The molecule has 1 aromatic carbocycles. The van der Waals surface area contributed by atoms with Crippen LogP contribution in [0.4, 0.5) is 23.7 Å². The van der Waals surface area contributed by atoms with Crippen LogP contribution in [0.5, 0.6) is 0 Å². The molecule has 1 atom stereocenters. The first kappa shape index (κ1) is 16.6. The van der Waals surface area contributed by atoms with Crippen molar-refractivity contribution in [2.75, 3.05) is 5.32 Å². The average Bonchev–Trinajstić information content (AvgIpc) is 2.30. The lowest BCUT2D eigenvalue weighted by Gasteiger charge is -2.15. The number of nitrogens with one attached hydrogen (secondary N) is 2. The third-order valence-corrected chi connectivity index (χ3v) is 2.97. The van der Waals surface area contributed by atoms with Gasteiger partial charge in [-0.25, -0.2) is 4.79 Å². The van der Waals surface area contributed by atoms with Crippen molar-refractivity contribution in [1.29, 1.82) is 0 Å². The van der Waals surface area contributed by atoms with Crippen molar-refractivity contribution in [3.05, 3.63) is 28.8 Å². The van der Waals surface area contributed by atoms with E-state index in [2.05, 4.69) is 10.6 Å². The van der Waals surface area contributed by atoms with Gasteiger partial charge in [-0.3, -0.25) is 0 Å². The summed E-state index contributed by atoms with van der Waals surface area (Å²) in [6.07, 6.45) is -2.80. The van der Waals surface area contributed by atoms with Gasteiger partial charge in [0.15, 0.2) is 0 Å². The summed E-state index contributed by atoms with van der Waals surface area (Å²) in [6, 6.07) is 2.14. The lowest BCUT2D eigenvalue weighted by Crippen LogP contribution is -2.36. The van der Waals surface area contributed by atoms with Gasteiger partial charge in [0, 0.05) is 6.04 Å². The van der Waals surface area contributed by atoms with E-state index in [1.807, 2.05) is 13.8 Å². The maximum absolute atomic E-state index is 12.6. The number of anilines is 1. The van der Waals surface area contributed by atoms with E-state index in [1.165, 1.54) is 0 Å². The molecule has 0 aliphatic rings. The van der Waals surface area contributed by atoms with Gasteiger partial charge >= 0.3 is 12.2 Å². The van der Waals surface area contributed by atoms with E-state index in [-0.39, 0.29) is 16.8 Å². The first-order valence-corrected chi connectivity index (χ1v) is 6.56. The van der Waals surface area contributed by atoms with Gasteiger partial charge in [0.25, 0.3) is 0 Å². The highest BCUT2D eigenvalue weighted by molar-refractivity contribution is 6.33. The van der Waals surface area contributed by atoms with E-state index in [0.717, 1.165) is 31.0 Å². The van der Waals surface area contributed by atoms with Crippen LogP contribution in [0.25, 0.3) is 0 Å². The maximum atomic E-state index is 12.6. The molecule has 2 amide bonds. The first-order chi connectivity index (χ1) is 9.24. The van der Waals surface area contributed by atoms with Crippen molar-refractivity contribution in [2.45, 2.75) is 38.9 Å². The van der Waals surface area contributed by atoms with Crippen molar-refractivity contribution in [3.63, 3.8) is 0 Å². The number of alkyl halides is 3. The Morgan fingerprint density at radius 2 is 2.05 bits per heavy atom. The minimum Gasteiger partial charge on any atom is -0.335 e. The molecule has 0 bridgehead atoms. The molecule has 0 saturated heterocycles. The molecule has 0 fully saturated rings. The number of carbonyl (C=O) groups excluding carboxylic acids is 1. The second-order valence-electron chi connectivity index (χ2n) is 4.48. The van der Waals surface area contributed by atoms with Crippen molar-refractivity contribution in [1.82, 2.24) is 5.32 Å². The van der Waals surface area contributed by atoms with Gasteiger partial charge in [0.1, 0.15) is 0 Å². The number of rotatable bonds is 4. The van der Waals surface area contributed by atoms with Gasteiger partial charge in [-0.15, -0.1) is 0 Å². The molecule has 0 aliphatic heterocycles. The molecule has 1 rings (SSSR count). The third kappa shape index (κ3) is 4.92. The first-order valence-electron chi connectivity index (χ1n) is 6.18. The number of urea groups is 1. The van der Waals surface area contributed by atoms with Gasteiger partial charge < -0.3 is 10.6 Å². The third-order valence-electron chi connectivity index (χ3n) is 2.64. The summed E-state index contributed by atoms with van der Waals surface area (Å²) in [7, 11) is 0. The molecule has 0 heterocycles. The lowest BCUT2D eigenvalue weighted by atomic mass is 10.2. The minimum atomic E-state index is -4.48. The zero-order valence-electron chi connectivity index (χ0n) is 11.1. The molecule has 0 radical (unpaired) electrons. The van der Waals surface area contributed by atoms with Crippen LogP contribution in [0.15, 0.2) is 18.2 Å². The second kappa shape index (κ2) is 6.83. The Hall–Kier alpha value is -1.43. The predicted octanol–water partition coefficient (Wildman–Crippen LogP) is 4.67.